The predicted molar refractivity (Wildman–Crippen MR) is 65.9 cm³/mol. The Balaban J connectivity index is 2.04. The lowest BCUT2D eigenvalue weighted by Gasteiger charge is -2.14. The summed E-state index contributed by atoms with van der Waals surface area (Å²) in [4.78, 5) is 13.9. The van der Waals surface area contributed by atoms with E-state index in [-0.39, 0.29) is 5.91 Å². The molecule has 1 atom stereocenters. The van der Waals surface area contributed by atoms with Crippen molar-refractivity contribution in [3.8, 4) is 0 Å². The average Bonchev–Trinajstić information content (AvgIpc) is 2.76. The van der Waals surface area contributed by atoms with E-state index < -0.39 is 0 Å². The van der Waals surface area contributed by atoms with Crippen LogP contribution in [0.1, 0.15) is 30.8 Å². The number of hydrogen-bond donors (Lipinski definition) is 1. The zero-order valence-electron chi connectivity index (χ0n) is 10.3. The number of hydrogen-bond acceptors (Lipinski definition) is 4. The molecule has 17 heavy (non-hydrogen) atoms. The zero-order valence-corrected chi connectivity index (χ0v) is 10.3. The Bertz CT molecular complexity index is 390. The average molecular weight is 234 g/mol. The molecule has 0 saturated carbocycles. The predicted octanol–water partition coefficient (Wildman–Crippen LogP) is 1.39. The third kappa shape index (κ3) is 2.72. The van der Waals surface area contributed by atoms with Gasteiger partial charge in [0, 0.05) is 19.6 Å². The van der Waals surface area contributed by atoms with Crippen LogP contribution >= 0.6 is 0 Å². The fraction of sp³-hybridized carbons (Fsp3) is 0.583. The van der Waals surface area contributed by atoms with Gasteiger partial charge < -0.3 is 10.2 Å². The van der Waals surface area contributed by atoms with Crippen molar-refractivity contribution in [2.24, 2.45) is 5.92 Å². The van der Waals surface area contributed by atoms with Gasteiger partial charge in [-0.15, -0.1) is 10.2 Å². The minimum absolute atomic E-state index is 0.00935. The minimum Gasteiger partial charge on any atom is -0.369 e. The number of nitrogens with one attached hydrogen (secondary N) is 1. The van der Waals surface area contributed by atoms with Crippen molar-refractivity contribution in [2.75, 3.05) is 25.0 Å². The van der Waals surface area contributed by atoms with Crippen LogP contribution in [0.25, 0.3) is 0 Å². The van der Waals surface area contributed by atoms with E-state index in [0.717, 1.165) is 26.1 Å². The number of likely N-dealkylation sites (tertiary alicyclic amines) is 1. The highest BCUT2D eigenvalue weighted by Crippen LogP contribution is 2.17. The molecule has 2 rings (SSSR count). The third-order valence-corrected chi connectivity index (χ3v) is 2.95. The molecule has 92 valence electrons. The van der Waals surface area contributed by atoms with E-state index in [9.17, 15) is 4.79 Å². The summed E-state index contributed by atoms with van der Waals surface area (Å²) in [6, 6.07) is 3.53. The Morgan fingerprint density at radius 2 is 2.35 bits per heavy atom. The normalized spacial score (nSPS) is 19.4. The highest BCUT2D eigenvalue weighted by atomic mass is 16.2. The van der Waals surface area contributed by atoms with E-state index in [1.54, 1.807) is 12.1 Å². The topological polar surface area (TPSA) is 58.1 Å². The van der Waals surface area contributed by atoms with Crippen LogP contribution in [0.5, 0.6) is 0 Å². The molecule has 0 aromatic carbocycles. The largest absolute Gasteiger partial charge is 0.369 e. The van der Waals surface area contributed by atoms with E-state index >= 15 is 0 Å². The van der Waals surface area contributed by atoms with Crippen molar-refractivity contribution in [3.63, 3.8) is 0 Å². The van der Waals surface area contributed by atoms with Crippen LogP contribution in [0.3, 0.4) is 0 Å². The second-order valence-corrected chi connectivity index (χ2v) is 4.48. The van der Waals surface area contributed by atoms with Gasteiger partial charge in [0.1, 0.15) is 5.82 Å². The van der Waals surface area contributed by atoms with Crippen molar-refractivity contribution in [3.05, 3.63) is 17.8 Å². The van der Waals surface area contributed by atoms with Crippen LogP contribution in [0.2, 0.25) is 0 Å². The first-order valence-electron chi connectivity index (χ1n) is 6.07. The van der Waals surface area contributed by atoms with Gasteiger partial charge in [0.2, 0.25) is 0 Å². The van der Waals surface area contributed by atoms with Crippen LogP contribution < -0.4 is 5.32 Å². The molecule has 0 bridgehead atoms. The highest BCUT2D eigenvalue weighted by Gasteiger charge is 2.25. The van der Waals surface area contributed by atoms with Crippen LogP contribution in [0, 0.1) is 5.92 Å². The molecule has 1 aliphatic heterocycles. The second-order valence-electron chi connectivity index (χ2n) is 4.48. The van der Waals surface area contributed by atoms with E-state index in [1.165, 1.54) is 0 Å². The lowest BCUT2D eigenvalue weighted by molar-refractivity contribution is 0.0781. The van der Waals surface area contributed by atoms with Gasteiger partial charge >= 0.3 is 0 Å². The maximum atomic E-state index is 12.1. The van der Waals surface area contributed by atoms with Crippen LogP contribution in [0.4, 0.5) is 5.82 Å². The fourth-order valence-corrected chi connectivity index (χ4v) is 2.00. The Kier molecular flexibility index (Phi) is 3.56. The van der Waals surface area contributed by atoms with Gasteiger partial charge in [0.25, 0.3) is 5.91 Å². The molecular weight excluding hydrogens is 216 g/mol. The summed E-state index contributed by atoms with van der Waals surface area (Å²) in [5.41, 5.74) is 0.431. The first-order valence-corrected chi connectivity index (χ1v) is 6.07. The molecular formula is C12H18N4O. The van der Waals surface area contributed by atoms with E-state index in [0.29, 0.717) is 17.4 Å². The smallest absolute Gasteiger partial charge is 0.274 e. The summed E-state index contributed by atoms with van der Waals surface area (Å²) < 4.78 is 0. The standard InChI is InChI=1S/C12H18N4O/c1-3-13-11-5-4-10(14-15-11)12(17)16-7-6-9(2)8-16/h4-5,9H,3,6-8H2,1-2H3,(H,13,15). The SMILES string of the molecule is CCNc1ccc(C(=O)N2CCC(C)C2)nn1. The molecule has 1 aromatic rings. The number of amides is 1. The van der Waals surface area contributed by atoms with Crippen molar-refractivity contribution >= 4 is 11.7 Å². The van der Waals surface area contributed by atoms with Gasteiger partial charge in [-0.25, -0.2) is 0 Å². The van der Waals surface area contributed by atoms with E-state index in [2.05, 4.69) is 22.4 Å². The molecule has 5 heteroatoms. The molecule has 0 radical (unpaired) electrons. The number of aromatic nitrogens is 2. The Morgan fingerprint density at radius 1 is 1.53 bits per heavy atom. The first-order chi connectivity index (χ1) is 8.20. The van der Waals surface area contributed by atoms with Gasteiger partial charge in [-0.2, -0.15) is 0 Å². The highest BCUT2D eigenvalue weighted by molar-refractivity contribution is 5.92. The maximum Gasteiger partial charge on any atom is 0.274 e. The molecule has 0 aliphatic carbocycles. The molecule has 1 fully saturated rings. The summed E-state index contributed by atoms with van der Waals surface area (Å²) >= 11 is 0. The summed E-state index contributed by atoms with van der Waals surface area (Å²) in [5.74, 6) is 1.29. The molecule has 0 spiro atoms. The second kappa shape index (κ2) is 5.12. The summed E-state index contributed by atoms with van der Waals surface area (Å²) in [6.45, 7) is 6.61. The fourth-order valence-electron chi connectivity index (χ4n) is 2.00. The number of anilines is 1. The van der Waals surface area contributed by atoms with Crippen molar-refractivity contribution in [1.82, 2.24) is 15.1 Å². The summed E-state index contributed by atoms with van der Waals surface area (Å²) in [5, 5.41) is 11.0. The Labute approximate surface area is 101 Å². The third-order valence-electron chi connectivity index (χ3n) is 2.95. The number of carbonyl (C=O) groups excluding carboxylic acids is 1. The van der Waals surface area contributed by atoms with Gasteiger partial charge in [0.05, 0.1) is 0 Å². The number of rotatable bonds is 3. The van der Waals surface area contributed by atoms with Crippen LogP contribution in [-0.4, -0.2) is 40.6 Å². The molecule has 1 saturated heterocycles. The lowest BCUT2D eigenvalue weighted by Crippen LogP contribution is -2.29. The first kappa shape index (κ1) is 11.8. The van der Waals surface area contributed by atoms with Crippen LogP contribution in [-0.2, 0) is 0 Å². The monoisotopic (exact) mass is 234 g/mol. The summed E-state index contributed by atoms with van der Waals surface area (Å²) in [7, 11) is 0. The van der Waals surface area contributed by atoms with E-state index in [4.69, 9.17) is 0 Å². The Morgan fingerprint density at radius 3 is 2.88 bits per heavy atom. The van der Waals surface area contributed by atoms with Gasteiger partial charge in [0.15, 0.2) is 5.69 Å². The molecule has 1 aliphatic rings. The minimum atomic E-state index is -0.00935. The van der Waals surface area contributed by atoms with Crippen molar-refractivity contribution < 1.29 is 4.79 Å². The van der Waals surface area contributed by atoms with Gasteiger partial charge in [-0.1, -0.05) is 6.92 Å². The molecule has 5 nitrogen and oxygen atoms in total. The molecule has 1 aromatic heterocycles. The number of nitrogens with zero attached hydrogens (tertiary/aromatic N) is 3. The summed E-state index contributed by atoms with van der Waals surface area (Å²) in [6.07, 6.45) is 1.08. The molecule has 1 unspecified atom stereocenters. The Hall–Kier alpha value is -1.65. The van der Waals surface area contributed by atoms with E-state index in [1.807, 2.05) is 11.8 Å². The van der Waals surface area contributed by atoms with Crippen molar-refractivity contribution in [1.29, 1.82) is 0 Å². The molecule has 1 amide bonds. The van der Waals surface area contributed by atoms with Crippen molar-refractivity contribution in [2.45, 2.75) is 20.3 Å². The quantitative estimate of drug-likeness (QED) is 0.858. The number of carbonyl (C=O) groups is 1. The van der Waals surface area contributed by atoms with Gasteiger partial charge in [-0.05, 0) is 31.4 Å². The lowest BCUT2D eigenvalue weighted by atomic mass is 10.2. The molecule has 2 heterocycles. The van der Waals surface area contributed by atoms with Crippen LogP contribution in [0.15, 0.2) is 12.1 Å². The van der Waals surface area contributed by atoms with Gasteiger partial charge in [-0.3, -0.25) is 4.79 Å². The maximum absolute atomic E-state index is 12.1. The molecule has 1 N–H and O–H groups in total. The zero-order chi connectivity index (χ0) is 12.3.